The third-order valence-corrected chi connectivity index (χ3v) is 4.06. The molecule has 0 radical (unpaired) electrons. The quantitative estimate of drug-likeness (QED) is 0.854. The Kier molecular flexibility index (Phi) is 3.82. The zero-order chi connectivity index (χ0) is 12.3. The SMILES string of the molecule is CCCC(N)c1noc(C2(CC)CCCC2)n1. The highest BCUT2D eigenvalue weighted by Gasteiger charge is 2.39. The van der Waals surface area contributed by atoms with Gasteiger partial charge >= 0.3 is 0 Å². The van der Waals surface area contributed by atoms with Crippen LogP contribution in [-0.2, 0) is 5.41 Å². The van der Waals surface area contributed by atoms with Crippen molar-refractivity contribution >= 4 is 0 Å². The molecule has 1 aromatic rings. The maximum absolute atomic E-state index is 6.02. The molecule has 1 aromatic heterocycles. The van der Waals surface area contributed by atoms with Crippen molar-refractivity contribution in [3.05, 3.63) is 11.7 Å². The summed E-state index contributed by atoms with van der Waals surface area (Å²) >= 11 is 0. The Hall–Kier alpha value is -0.900. The van der Waals surface area contributed by atoms with E-state index in [9.17, 15) is 0 Å². The van der Waals surface area contributed by atoms with Crippen LogP contribution in [0.2, 0.25) is 0 Å². The largest absolute Gasteiger partial charge is 0.339 e. The third kappa shape index (κ3) is 2.37. The summed E-state index contributed by atoms with van der Waals surface area (Å²) in [4.78, 5) is 4.55. The molecule has 1 heterocycles. The number of hydrogen-bond acceptors (Lipinski definition) is 4. The van der Waals surface area contributed by atoms with Gasteiger partial charge in [-0.2, -0.15) is 4.98 Å². The summed E-state index contributed by atoms with van der Waals surface area (Å²) in [7, 11) is 0. The predicted molar refractivity (Wildman–Crippen MR) is 66.6 cm³/mol. The van der Waals surface area contributed by atoms with E-state index in [1.165, 1.54) is 25.7 Å². The first-order chi connectivity index (χ1) is 8.22. The minimum Gasteiger partial charge on any atom is -0.339 e. The molecule has 0 amide bonds. The van der Waals surface area contributed by atoms with E-state index in [0.29, 0.717) is 5.82 Å². The highest BCUT2D eigenvalue weighted by Crippen LogP contribution is 2.42. The second-order valence-corrected chi connectivity index (χ2v) is 5.19. The summed E-state index contributed by atoms with van der Waals surface area (Å²) in [5.74, 6) is 1.50. The van der Waals surface area contributed by atoms with Crippen LogP contribution in [0.4, 0.5) is 0 Å². The van der Waals surface area contributed by atoms with E-state index >= 15 is 0 Å². The van der Waals surface area contributed by atoms with Gasteiger partial charge in [0.2, 0.25) is 5.89 Å². The maximum atomic E-state index is 6.02. The van der Waals surface area contributed by atoms with Crippen molar-refractivity contribution < 1.29 is 4.52 Å². The van der Waals surface area contributed by atoms with Crippen molar-refractivity contribution in [1.29, 1.82) is 0 Å². The van der Waals surface area contributed by atoms with Gasteiger partial charge in [-0.25, -0.2) is 0 Å². The molecule has 0 aromatic carbocycles. The first-order valence-electron chi connectivity index (χ1n) is 6.81. The molecule has 1 fully saturated rings. The summed E-state index contributed by atoms with van der Waals surface area (Å²) in [5, 5.41) is 4.06. The fraction of sp³-hybridized carbons (Fsp3) is 0.846. The van der Waals surface area contributed by atoms with Crippen molar-refractivity contribution in [2.24, 2.45) is 5.73 Å². The lowest BCUT2D eigenvalue weighted by atomic mass is 9.83. The Bertz CT molecular complexity index is 355. The minimum absolute atomic E-state index is 0.0761. The third-order valence-electron chi connectivity index (χ3n) is 4.06. The van der Waals surface area contributed by atoms with Crippen LogP contribution in [0.5, 0.6) is 0 Å². The Morgan fingerprint density at radius 1 is 1.35 bits per heavy atom. The van der Waals surface area contributed by atoms with Gasteiger partial charge in [-0.05, 0) is 25.7 Å². The van der Waals surface area contributed by atoms with Crippen LogP contribution >= 0.6 is 0 Å². The number of rotatable bonds is 5. The van der Waals surface area contributed by atoms with Gasteiger partial charge in [0.05, 0.1) is 6.04 Å². The lowest BCUT2D eigenvalue weighted by molar-refractivity contribution is 0.271. The zero-order valence-electron chi connectivity index (χ0n) is 10.9. The van der Waals surface area contributed by atoms with Crippen LogP contribution in [-0.4, -0.2) is 10.1 Å². The number of nitrogens with two attached hydrogens (primary N) is 1. The number of aromatic nitrogens is 2. The summed E-state index contributed by atoms with van der Waals surface area (Å²) in [6.45, 7) is 4.33. The van der Waals surface area contributed by atoms with Crippen molar-refractivity contribution in [2.45, 2.75) is 70.3 Å². The molecule has 2 N–H and O–H groups in total. The van der Waals surface area contributed by atoms with Crippen molar-refractivity contribution in [1.82, 2.24) is 10.1 Å². The van der Waals surface area contributed by atoms with Crippen molar-refractivity contribution in [3.63, 3.8) is 0 Å². The molecule has 1 aliphatic rings. The van der Waals surface area contributed by atoms with E-state index in [-0.39, 0.29) is 11.5 Å². The van der Waals surface area contributed by atoms with Gasteiger partial charge in [-0.15, -0.1) is 0 Å². The number of hydrogen-bond donors (Lipinski definition) is 1. The Morgan fingerprint density at radius 3 is 2.65 bits per heavy atom. The molecular formula is C13H23N3O. The summed E-state index contributed by atoms with van der Waals surface area (Å²) < 4.78 is 5.47. The first kappa shape index (κ1) is 12.6. The molecule has 1 atom stereocenters. The average molecular weight is 237 g/mol. The van der Waals surface area contributed by atoms with E-state index in [2.05, 4.69) is 24.0 Å². The normalized spacial score (nSPS) is 20.6. The highest BCUT2D eigenvalue weighted by molar-refractivity contribution is 5.08. The van der Waals surface area contributed by atoms with Crippen molar-refractivity contribution in [3.8, 4) is 0 Å². The summed E-state index contributed by atoms with van der Waals surface area (Å²) in [6, 6.07) is -0.0761. The van der Waals surface area contributed by atoms with E-state index in [0.717, 1.165) is 25.2 Å². The molecule has 1 unspecified atom stereocenters. The van der Waals surface area contributed by atoms with E-state index in [4.69, 9.17) is 10.3 Å². The van der Waals surface area contributed by atoms with Crippen LogP contribution in [0, 0.1) is 0 Å². The van der Waals surface area contributed by atoms with Crippen molar-refractivity contribution in [2.75, 3.05) is 0 Å². The minimum atomic E-state index is -0.0761. The molecular weight excluding hydrogens is 214 g/mol. The first-order valence-corrected chi connectivity index (χ1v) is 6.81. The van der Waals surface area contributed by atoms with Gasteiger partial charge in [0.25, 0.3) is 0 Å². The zero-order valence-corrected chi connectivity index (χ0v) is 10.9. The van der Waals surface area contributed by atoms with Gasteiger partial charge in [-0.3, -0.25) is 0 Å². The second kappa shape index (κ2) is 5.17. The topological polar surface area (TPSA) is 64.9 Å². The molecule has 1 saturated carbocycles. The fourth-order valence-electron chi connectivity index (χ4n) is 2.81. The lowest BCUT2D eigenvalue weighted by Crippen LogP contribution is -2.21. The van der Waals surface area contributed by atoms with Gasteiger partial charge in [-0.1, -0.05) is 38.3 Å². The smallest absolute Gasteiger partial charge is 0.232 e. The van der Waals surface area contributed by atoms with Crippen LogP contribution < -0.4 is 5.73 Å². The second-order valence-electron chi connectivity index (χ2n) is 5.19. The van der Waals surface area contributed by atoms with Crippen LogP contribution in [0.15, 0.2) is 4.52 Å². The molecule has 2 rings (SSSR count). The molecule has 0 saturated heterocycles. The van der Waals surface area contributed by atoms with Gasteiger partial charge in [0.1, 0.15) is 0 Å². The lowest BCUT2D eigenvalue weighted by Gasteiger charge is -2.21. The Labute approximate surface area is 103 Å². The van der Waals surface area contributed by atoms with Gasteiger partial charge in [0.15, 0.2) is 5.82 Å². The Morgan fingerprint density at radius 2 is 2.06 bits per heavy atom. The summed E-state index contributed by atoms with van der Waals surface area (Å²) in [5.41, 5.74) is 6.15. The van der Waals surface area contributed by atoms with E-state index < -0.39 is 0 Å². The highest BCUT2D eigenvalue weighted by atomic mass is 16.5. The number of nitrogens with zero attached hydrogens (tertiary/aromatic N) is 2. The molecule has 0 aliphatic heterocycles. The molecule has 1 aliphatic carbocycles. The standard InChI is InChI=1S/C13H23N3O/c1-3-7-10(14)11-15-12(17-16-11)13(4-2)8-5-6-9-13/h10H,3-9,14H2,1-2H3. The summed E-state index contributed by atoms with van der Waals surface area (Å²) in [6.07, 6.45) is 7.93. The fourth-order valence-corrected chi connectivity index (χ4v) is 2.81. The maximum Gasteiger partial charge on any atom is 0.232 e. The van der Waals surface area contributed by atoms with E-state index in [1.54, 1.807) is 0 Å². The van der Waals surface area contributed by atoms with Crippen LogP contribution in [0.1, 0.15) is 76.6 Å². The van der Waals surface area contributed by atoms with Gasteiger partial charge in [0, 0.05) is 5.41 Å². The average Bonchev–Trinajstić information content (AvgIpc) is 2.99. The van der Waals surface area contributed by atoms with Gasteiger partial charge < -0.3 is 10.3 Å². The molecule has 0 spiro atoms. The Balaban J connectivity index is 2.16. The molecule has 4 nitrogen and oxygen atoms in total. The van der Waals surface area contributed by atoms with Crippen LogP contribution in [0.25, 0.3) is 0 Å². The molecule has 0 bridgehead atoms. The molecule has 96 valence electrons. The predicted octanol–water partition coefficient (Wildman–Crippen LogP) is 3.09. The van der Waals surface area contributed by atoms with E-state index in [1.807, 2.05) is 0 Å². The monoisotopic (exact) mass is 237 g/mol. The van der Waals surface area contributed by atoms with Crippen LogP contribution in [0.3, 0.4) is 0 Å². The molecule has 17 heavy (non-hydrogen) atoms. The molecule has 4 heteroatoms.